The summed E-state index contributed by atoms with van der Waals surface area (Å²) in [5.74, 6) is 0.754. The molecule has 0 spiro atoms. The van der Waals surface area contributed by atoms with Crippen molar-refractivity contribution in [3.05, 3.63) is 0 Å². The maximum Gasteiger partial charge on any atom is 0.397 e. The van der Waals surface area contributed by atoms with Crippen LogP contribution in [0.3, 0.4) is 0 Å². The molecule has 0 amide bonds. The highest BCUT2D eigenvalue weighted by atomic mass is 32.3. The highest BCUT2D eigenvalue weighted by Gasteiger charge is 2.55. The molecule has 0 bridgehead atoms. The Hall–Kier alpha value is -1.55. The second kappa shape index (κ2) is 49.9. The fraction of sp³-hybridized carbons (Fsp3) is 0.972. The van der Waals surface area contributed by atoms with Crippen LogP contribution < -0.4 is 0 Å². The van der Waals surface area contributed by atoms with Crippen LogP contribution in [0.1, 0.15) is 320 Å². The van der Waals surface area contributed by atoms with Crippen LogP contribution >= 0.6 is 0 Å². The van der Waals surface area contributed by atoms with E-state index in [1.54, 1.807) is 6.92 Å². The Bertz CT molecular complexity index is 1880. The van der Waals surface area contributed by atoms with E-state index in [1.165, 1.54) is 154 Å². The second-order valence-electron chi connectivity index (χ2n) is 29.1. The molecule has 2 fully saturated rings. The van der Waals surface area contributed by atoms with Crippen molar-refractivity contribution in [2.75, 3.05) is 13.2 Å². The Morgan fingerprint density at radius 2 is 0.778 bits per heavy atom. The third-order valence-electron chi connectivity index (χ3n) is 19.3. The van der Waals surface area contributed by atoms with E-state index in [0.717, 1.165) is 77.0 Å². The first-order valence-corrected chi connectivity index (χ1v) is 38.3. The lowest BCUT2D eigenvalue weighted by molar-refractivity contribution is -0.374. The lowest BCUT2D eigenvalue weighted by Gasteiger charge is -2.46. The van der Waals surface area contributed by atoms with Crippen LogP contribution in [0.4, 0.5) is 0 Å². The third-order valence-corrected chi connectivity index (χ3v) is 19.8. The van der Waals surface area contributed by atoms with E-state index in [1.807, 2.05) is 0 Å². The van der Waals surface area contributed by atoms with E-state index >= 15 is 0 Å². The summed E-state index contributed by atoms with van der Waals surface area (Å²) in [5.41, 5.74) is 0. The van der Waals surface area contributed by atoms with E-state index in [0.29, 0.717) is 48.3 Å². The molecule has 0 aromatic heterocycles. The topological polar surface area (TPSA) is 265 Å². The Kier molecular flexibility index (Phi) is 46.9. The number of rotatable bonds is 56. The summed E-state index contributed by atoms with van der Waals surface area (Å²) in [4.78, 5) is 27.8. The maximum atomic E-state index is 14.2. The van der Waals surface area contributed by atoms with E-state index in [-0.39, 0.29) is 18.4 Å². The Balaban J connectivity index is 1.94. The number of aliphatic hydroxyl groups is 6. The van der Waals surface area contributed by atoms with Gasteiger partial charge >= 0.3 is 22.3 Å². The van der Waals surface area contributed by atoms with Crippen molar-refractivity contribution in [3.63, 3.8) is 0 Å². The van der Waals surface area contributed by atoms with Gasteiger partial charge in [-0.3, -0.25) is 14.1 Å². The lowest BCUT2D eigenvalue weighted by atomic mass is 9.80. The SMILES string of the molecule is CCCCCCCCCCCCCCCCCC(=O)OC1C(O)C(CO)OC(OC2OC(CO)C(O)C(O)C2OS(=O)(=O)O)C1OC(=O)C(C)CC(C)CC(C)CC(C)CC(C)CC(C)CC(C)CC(C)C(O)CCCCCCCCCCCCCCCCC. The van der Waals surface area contributed by atoms with Gasteiger partial charge in [-0.15, -0.1) is 0 Å². The van der Waals surface area contributed by atoms with Crippen LogP contribution in [0.15, 0.2) is 0 Å². The van der Waals surface area contributed by atoms with Crippen LogP contribution in [0.5, 0.6) is 0 Å². The van der Waals surface area contributed by atoms with Crippen molar-refractivity contribution in [2.24, 2.45) is 47.3 Å². The zero-order valence-corrected chi connectivity index (χ0v) is 59.4. The lowest BCUT2D eigenvalue weighted by Crippen LogP contribution is -2.65. The van der Waals surface area contributed by atoms with Gasteiger partial charge in [-0.2, -0.15) is 8.42 Å². The first-order chi connectivity index (χ1) is 42.9. The molecular weight excluding hydrogens is 1170 g/mol. The number of unbranched alkanes of at least 4 members (excludes halogenated alkanes) is 28. The molecule has 18 heteroatoms. The van der Waals surface area contributed by atoms with Crippen LogP contribution in [-0.2, 0) is 47.9 Å². The number of aliphatic hydroxyl groups excluding tert-OH is 6. The second-order valence-corrected chi connectivity index (χ2v) is 30.1. The minimum Gasteiger partial charge on any atom is -0.455 e. The number of hydrogen-bond acceptors (Lipinski definition) is 16. The van der Waals surface area contributed by atoms with Crippen LogP contribution in [0.25, 0.3) is 0 Å². The van der Waals surface area contributed by atoms with E-state index in [9.17, 15) is 53.2 Å². The van der Waals surface area contributed by atoms with Gasteiger partial charge < -0.3 is 54.3 Å². The molecule has 0 aliphatic carbocycles. The molecule has 534 valence electrons. The van der Waals surface area contributed by atoms with Crippen molar-refractivity contribution in [2.45, 2.75) is 387 Å². The molecule has 0 aromatic rings. The summed E-state index contributed by atoms with van der Waals surface area (Å²) >= 11 is 0. The molecule has 2 aliphatic heterocycles. The summed E-state index contributed by atoms with van der Waals surface area (Å²) in [7, 11) is -5.33. The molecule has 2 saturated heterocycles. The zero-order chi connectivity index (χ0) is 66.9. The number of hydrogen-bond donors (Lipinski definition) is 7. The molecule has 7 N–H and O–H groups in total. The number of carbonyl (C=O) groups excluding carboxylic acids is 2. The molecule has 19 atom stereocenters. The number of ether oxygens (including phenoxy) is 5. The average molecular weight is 1310 g/mol. The van der Waals surface area contributed by atoms with Crippen LogP contribution in [-0.4, -0.2) is 136 Å². The largest absolute Gasteiger partial charge is 0.455 e. The number of esters is 2. The van der Waals surface area contributed by atoms with Gasteiger partial charge in [-0.25, -0.2) is 4.18 Å². The Morgan fingerprint density at radius 1 is 0.433 bits per heavy atom. The molecule has 0 aromatic carbocycles. The fourth-order valence-corrected chi connectivity index (χ4v) is 15.1. The molecule has 90 heavy (non-hydrogen) atoms. The van der Waals surface area contributed by atoms with Gasteiger partial charge in [0.15, 0.2) is 24.6 Å². The smallest absolute Gasteiger partial charge is 0.397 e. The van der Waals surface area contributed by atoms with Gasteiger partial charge in [0.25, 0.3) is 0 Å². The molecule has 0 radical (unpaired) electrons. The van der Waals surface area contributed by atoms with Gasteiger partial charge in [0.2, 0.25) is 6.29 Å². The molecule has 17 nitrogen and oxygen atoms in total. The fourth-order valence-electron chi connectivity index (χ4n) is 14.6. The standard InChI is InChI=1S/C72H138O17S/c1-11-13-15-17-19-21-23-25-27-29-31-33-35-37-39-41-60(75)58(9)48-56(7)46-54(5)44-52(3)43-53(4)45-55(6)47-57(8)49-59(10)70(80)87-69-67(86-63(76)42-40-38-36-34-32-30-28-26-24-22-20-18-16-14-12-2)65(78)62(51-74)85-72(69)88-71-68(89-90(81,82)83)66(79)64(77)61(50-73)84-71/h52-62,64-69,71-75,77-79H,11-51H2,1-10H3,(H,81,82,83). The van der Waals surface area contributed by atoms with Crippen LogP contribution in [0, 0.1) is 47.3 Å². The summed E-state index contributed by atoms with van der Waals surface area (Å²) < 4.78 is 67.6. The monoisotopic (exact) mass is 1310 g/mol. The average Bonchev–Trinajstić information content (AvgIpc) is 1.04. The third kappa shape index (κ3) is 37.7. The summed E-state index contributed by atoms with van der Waals surface area (Å²) in [6, 6.07) is 0. The molecule has 2 aliphatic rings. The van der Waals surface area contributed by atoms with Crippen molar-refractivity contribution in [1.82, 2.24) is 0 Å². The minimum atomic E-state index is -5.33. The van der Waals surface area contributed by atoms with Crippen molar-refractivity contribution >= 4 is 22.3 Å². The predicted molar refractivity (Wildman–Crippen MR) is 358 cm³/mol. The van der Waals surface area contributed by atoms with E-state index in [4.69, 9.17) is 23.7 Å². The van der Waals surface area contributed by atoms with Crippen molar-refractivity contribution < 1.29 is 81.1 Å². The quantitative estimate of drug-likeness (QED) is 0.0169. The zero-order valence-electron chi connectivity index (χ0n) is 58.6. The molecule has 2 rings (SSSR count). The Morgan fingerprint density at radius 3 is 1.17 bits per heavy atom. The molecular formula is C72H138O17S. The van der Waals surface area contributed by atoms with Crippen LogP contribution in [0.2, 0.25) is 0 Å². The maximum absolute atomic E-state index is 14.2. The van der Waals surface area contributed by atoms with Gasteiger partial charge in [-0.05, 0) is 99.2 Å². The van der Waals surface area contributed by atoms with E-state index in [2.05, 4.69) is 66.5 Å². The van der Waals surface area contributed by atoms with Gasteiger partial charge in [0.05, 0.1) is 25.2 Å². The summed E-state index contributed by atoms with van der Waals surface area (Å²) in [5, 5.41) is 64.5. The first-order valence-electron chi connectivity index (χ1n) is 36.9. The number of carbonyl (C=O) groups is 2. The highest BCUT2D eigenvalue weighted by Crippen LogP contribution is 2.36. The van der Waals surface area contributed by atoms with Crippen molar-refractivity contribution in [1.29, 1.82) is 0 Å². The summed E-state index contributed by atoms with van der Waals surface area (Å²) in [6.07, 6.45) is 26.3. The van der Waals surface area contributed by atoms with E-state index < -0.39 is 103 Å². The normalized spacial score (nSPS) is 25.4. The molecule has 19 unspecified atom stereocenters. The van der Waals surface area contributed by atoms with Gasteiger partial charge in [0.1, 0.15) is 30.5 Å². The van der Waals surface area contributed by atoms with Crippen molar-refractivity contribution in [3.8, 4) is 0 Å². The van der Waals surface area contributed by atoms with Gasteiger partial charge in [0, 0.05) is 6.42 Å². The summed E-state index contributed by atoms with van der Waals surface area (Å²) in [6.45, 7) is 20.4. The molecule has 2 heterocycles. The molecule has 0 saturated carbocycles. The van der Waals surface area contributed by atoms with Gasteiger partial charge in [-0.1, -0.05) is 255 Å². The highest BCUT2D eigenvalue weighted by molar-refractivity contribution is 7.80. The predicted octanol–water partition coefficient (Wildman–Crippen LogP) is 15.2. The Labute approximate surface area is 548 Å². The first kappa shape index (κ1) is 84.5. The minimum absolute atomic E-state index is 0.0237.